The maximum atomic E-state index is 12.1. The maximum Gasteiger partial charge on any atom is 0.307 e. The Morgan fingerprint density at radius 1 is 1.20 bits per heavy atom. The molecule has 1 fully saturated rings. The smallest absolute Gasteiger partial charge is 0.307 e. The molecule has 6 nitrogen and oxygen atoms in total. The van der Waals surface area contributed by atoms with Gasteiger partial charge in [-0.05, 0) is 12.8 Å². The molecule has 1 aliphatic carbocycles. The third-order valence-electron chi connectivity index (χ3n) is 4.02. The van der Waals surface area contributed by atoms with Gasteiger partial charge in [-0.2, -0.15) is 0 Å². The highest BCUT2D eigenvalue weighted by Gasteiger charge is 2.33. The summed E-state index contributed by atoms with van der Waals surface area (Å²) in [4.78, 5) is 25.6. The Labute approximate surface area is 119 Å². The number of carbonyl (C=O) groups excluding carboxylic acids is 1. The van der Waals surface area contributed by atoms with Crippen LogP contribution in [-0.2, 0) is 9.59 Å². The van der Waals surface area contributed by atoms with Gasteiger partial charge in [0.2, 0.25) is 5.91 Å². The normalized spacial score (nSPS) is 27.2. The van der Waals surface area contributed by atoms with Gasteiger partial charge in [0.25, 0.3) is 0 Å². The summed E-state index contributed by atoms with van der Waals surface area (Å²) < 4.78 is 0. The van der Waals surface area contributed by atoms with Gasteiger partial charge < -0.3 is 15.7 Å². The van der Waals surface area contributed by atoms with Gasteiger partial charge in [0, 0.05) is 39.3 Å². The number of nitrogens with zero attached hydrogens (tertiary/aromatic N) is 1. The Kier molecular flexibility index (Phi) is 5.55. The van der Waals surface area contributed by atoms with Crippen molar-refractivity contribution in [2.75, 3.05) is 39.3 Å². The molecule has 0 aromatic heterocycles. The summed E-state index contributed by atoms with van der Waals surface area (Å²) >= 11 is 0. The zero-order valence-corrected chi connectivity index (χ0v) is 11.7. The minimum absolute atomic E-state index is 0.128. The molecule has 2 aliphatic rings. The monoisotopic (exact) mass is 281 g/mol. The number of nitrogens with one attached hydrogen (secondary N) is 2. The molecule has 6 heteroatoms. The Morgan fingerprint density at radius 3 is 2.50 bits per heavy atom. The number of carboxylic acids is 1. The van der Waals surface area contributed by atoms with E-state index in [0.717, 1.165) is 32.7 Å². The molecule has 3 N–H and O–H groups in total. The van der Waals surface area contributed by atoms with E-state index in [-0.39, 0.29) is 5.91 Å². The minimum atomic E-state index is -0.878. The number of amides is 1. The van der Waals surface area contributed by atoms with Crippen LogP contribution in [0, 0.1) is 11.8 Å². The molecule has 1 heterocycles. The van der Waals surface area contributed by atoms with Crippen LogP contribution in [-0.4, -0.2) is 61.2 Å². The largest absolute Gasteiger partial charge is 0.481 e. The highest BCUT2D eigenvalue weighted by Crippen LogP contribution is 2.25. The van der Waals surface area contributed by atoms with E-state index in [4.69, 9.17) is 5.11 Å². The van der Waals surface area contributed by atoms with Gasteiger partial charge in [-0.25, -0.2) is 0 Å². The molecule has 0 bridgehead atoms. The van der Waals surface area contributed by atoms with Crippen molar-refractivity contribution in [1.82, 2.24) is 15.5 Å². The average molecular weight is 281 g/mol. The number of allylic oxidation sites excluding steroid dienone is 2. The summed E-state index contributed by atoms with van der Waals surface area (Å²) in [5, 5.41) is 15.3. The van der Waals surface area contributed by atoms with E-state index in [1.165, 1.54) is 0 Å². The molecule has 112 valence electrons. The molecule has 0 aromatic rings. The molecule has 2 atom stereocenters. The van der Waals surface area contributed by atoms with E-state index in [1.807, 2.05) is 12.2 Å². The maximum absolute atomic E-state index is 12.1. The SMILES string of the molecule is O=C(O)[C@H]1CC=CC[C@H]1C(=O)NCCN1CCNCC1. The van der Waals surface area contributed by atoms with Crippen LogP contribution in [0.2, 0.25) is 0 Å². The van der Waals surface area contributed by atoms with Crippen molar-refractivity contribution in [3.05, 3.63) is 12.2 Å². The zero-order valence-electron chi connectivity index (χ0n) is 11.7. The Hall–Kier alpha value is -1.40. The number of hydrogen-bond donors (Lipinski definition) is 3. The fourth-order valence-corrected chi connectivity index (χ4v) is 2.78. The van der Waals surface area contributed by atoms with Crippen LogP contribution in [0.25, 0.3) is 0 Å². The quantitative estimate of drug-likeness (QED) is 0.602. The van der Waals surface area contributed by atoms with Gasteiger partial charge in [0.05, 0.1) is 11.8 Å². The van der Waals surface area contributed by atoms with Gasteiger partial charge in [-0.1, -0.05) is 12.2 Å². The van der Waals surface area contributed by atoms with E-state index in [2.05, 4.69) is 15.5 Å². The van der Waals surface area contributed by atoms with Crippen molar-refractivity contribution in [1.29, 1.82) is 0 Å². The summed E-state index contributed by atoms with van der Waals surface area (Å²) in [5.41, 5.74) is 0. The molecule has 0 unspecified atom stereocenters. The summed E-state index contributed by atoms with van der Waals surface area (Å²) in [6, 6.07) is 0. The lowest BCUT2D eigenvalue weighted by Crippen LogP contribution is -2.47. The lowest BCUT2D eigenvalue weighted by Gasteiger charge is -2.28. The van der Waals surface area contributed by atoms with Crippen molar-refractivity contribution in [2.24, 2.45) is 11.8 Å². The Morgan fingerprint density at radius 2 is 1.85 bits per heavy atom. The first kappa shape index (κ1) is 15.0. The first-order valence-corrected chi connectivity index (χ1v) is 7.27. The lowest BCUT2D eigenvalue weighted by atomic mass is 9.82. The summed E-state index contributed by atoms with van der Waals surface area (Å²) in [6.07, 6.45) is 4.73. The fourth-order valence-electron chi connectivity index (χ4n) is 2.78. The van der Waals surface area contributed by atoms with Crippen molar-refractivity contribution >= 4 is 11.9 Å². The zero-order chi connectivity index (χ0) is 14.4. The molecular formula is C14H23N3O3. The third kappa shape index (κ3) is 4.05. The molecular weight excluding hydrogens is 258 g/mol. The average Bonchev–Trinajstić information content (AvgIpc) is 2.48. The van der Waals surface area contributed by atoms with Gasteiger partial charge in [0.1, 0.15) is 0 Å². The fraction of sp³-hybridized carbons (Fsp3) is 0.714. The van der Waals surface area contributed by atoms with Gasteiger partial charge in [-0.3, -0.25) is 14.5 Å². The molecule has 0 aromatic carbocycles. The topological polar surface area (TPSA) is 81.7 Å². The van der Waals surface area contributed by atoms with E-state index in [0.29, 0.717) is 19.4 Å². The van der Waals surface area contributed by atoms with E-state index >= 15 is 0 Å². The van der Waals surface area contributed by atoms with E-state index in [1.54, 1.807) is 0 Å². The Balaban J connectivity index is 1.75. The minimum Gasteiger partial charge on any atom is -0.481 e. The molecule has 0 radical (unpaired) electrons. The second-order valence-electron chi connectivity index (χ2n) is 5.38. The van der Waals surface area contributed by atoms with Crippen LogP contribution >= 0.6 is 0 Å². The van der Waals surface area contributed by atoms with Crippen LogP contribution in [0.3, 0.4) is 0 Å². The first-order valence-electron chi connectivity index (χ1n) is 7.27. The molecule has 2 rings (SSSR count). The second kappa shape index (κ2) is 7.40. The van der Waals surface area contributed by atoms with Gasteiger partial charge in [-0.15, -0.1) is 0 Å². The predicted molar refractivity (Wildman–Crippen MR) is 75.3 cm³/mol. The van der Waals surface area contributed by atoms with Crippen LogP contribution < -0.4 is 10.6 Å². The van der Waals surface area contributed by atoms with Crippen LogP contribution in [0.15, 0.2) is 12.2 Å². The molecule has 20 heavy (non-hydrogen) atoms. The third-order valence-corrected chi connectivity index (χ3v) is 4.02. The van der Waals surface area contributed by atoms with Crippen molar-refractivity contribution in [3.63, 3.8) is 0 Å². The molecule has 0 spiro atoms. The number of carboxylic acid groups (broad SMARTS) is 1. The van der Waals surface area contributed by atoms with Crippen molar-refractivity contribution in [3.8, 4) is 0 Å². The van der Waals surface area contributed by atoms with Gasteiger partial charge in [0.15, 0.2) is 0 Å². The summed E-state index contributed by atoms with van der Waals surface area (Å²) in [6.45, 7) is 5.39. The van der Waals surface area contributed by atoms with E-state index < -0.39 is 17.8 Å². The number of rotatable bonds is 5. The van der Waals surface area contributed by atoms with Crippen LogP contribution in [0.1, 0.15) is 12.8 Å². The molecule has 1 aliphatic heterocycles. The first-order chi connectivity index (χ1) is 9.68. The predicted octanol–water partition coefficient (Wildman–Crippen LogP) is -0.325. The summed E-state index contributed by atoms with van der Waals surface area (Å²) in [7, 11) is 0. The number of carbonyl (C=O) groups is 2. The lowest BCUT2D eigenvalue weighted by molar-refractivity contribution is -0.147. The standard InChI is InChI=1S/C14H23N3O3/c18-13(11-3-1-2-4-12(11)14(19)20)16-7-10-17-8-5-15-6-9-17/h1-2,11-12,15H,3-10H2,(H,16,18)(H,19,20)/t11-,12+/m1/s1. The molecule has 0 saturated carbocycles. The number of hydrogen-bond acceptors (Lipinski definition) is 4. The van der Waals surface area contributed by atoms with Gasteiger partial charge >= 0.3 is 5.97 Å². The van der Waals surface area contributed by atoms with Crippen LogP contribution in [0.5, 0.6) is 0 Å². The Bertz CT molecular complexity index is 378. The van der Waals surface area contributed by atoms with Crippen molar-refractivity contribution < 1.29 is 14.7 Å². The van der Waals surface area contributed by atoms with E-state index in [9.17, 15) is 9.59 Å². The number of piperazine rings is 1. The second-order valence-corrected chi connectivity index (χ2v) is 5.38. The van der Waals surface area contributed by atoms with Crippen molar-refractivity contribution in [2.45, 2.75) is 12.8 Å². The van der Waals surface area contributed by atoms with Crippen LogP contribution in [0.4, 0.5) is 0 Å². The molecule has 1 saturated heterocycles. The summed E-state index contributed by atoms with van der Waals surface area (Å²) in [5.74, 6) is -2.02. The molecule has 1 amide bonds. The number of aliphatic carboxylic acids is 1. The highest BCUT2D eigenvalue weighted by atomic mass is 16.4. The highest BCUT2D eigenvalue weighted by molar-refractivity contribution is 5.85.